The second-order valence-corrected chi connectivity index (χ2v) is 5.70. The Labute approximate surface area is 103 Å². The molecule has 0 saturated carbocycles. The Balaban J connectivity index is 2.88. The average molecular weight is 283 g/mol. The van der Waals surface area contributed by atoms with Crippen LogP contribution in [0.4, 0.5) is 13.2 Å². The molecule has 0 aliphatic heterocycles. The molecule has 0 bridgehead atoms. The Morgan fingerprint density at radius 1 is 1.28 bits per heavy atom. The van der Waals surface area contributed by atoms with Crippen LogP contribution in [0.5, 0.6) is 0 Å². The van der Waals surface area contributed by atoms with E-state index in [1.807, 2.05) is 0 Å². The summed E-state index contributed by atoms with van der Waals surface area (Å²) in [6.45, 7) is -1.04. The lowest BCUT2D eigenvalue weighted by atomic mass is 10.3. The number of hydrogen-bond donors (Lipinski definition) is 1. The molecular formula is C10H12F3NO3S. The smallest absolute Gasteiger partial charge is 0.382 e. The van der Waals surface area contributed by atoms with Gasteiger partial charge >= 0.3 is 6.18 Å². The first-order valence-electron chi connectivity index (χ1n) is 4.92. The van der Waals surface area contributed by atoms with Crippen molar-refractivity contribution in [2.75, 3.05) is 13.6 Å². The molecule has 0 amide bonds. The minimum Gasteiger partial charge on any atom is -0.382 e. The number of likely N-dealkylation sites (N-methyl/N-ethyl adjacent to an activating group) is 1. The van der Waals surface area contributed by atoms with Gasteiger partial charge in [-0.3, -0.25) is 0 Å². The molecule has 4 nitrogen and oxygen atoms in total. The van der Waals surface area contributed by atoms with E-state index in [2.05, 4.69) is 0 Å². The van der Waals surface area contributed by atoms with Gasteiger partial charge in [-0.15, -0.1) is 0 Å². The zero-order valence-electron chi connectivity index (χ0n) is 9.42. The van der Waals surface area contributed by atoms with Gasteiger partial charge in [-0.1, -0.05) is 18.2 Å². The van der Waals surface area contributed by atoms with E-state index in [0.717, 1.165) is 7.05 Å². The van der Waals surface area contributed by atoms with Crippen molar-refractivity contribution in [3.63, 3.8) is 0 Å². The van der Waals surface area contributed by atoms with E-state index in [1.54, 1.807) is 6.07 Å². The van der Waals surface area contributed by atoms with Crippen LogP contribution in [0.25, 0.3) is 0 Å². The summed E-state index contributed by atoms with van der Waals surface area (Å²) in [6.07, 6.45) is -7.55. The third kappa shape index (κ3) is 3.44. The highest BCUT2D eigenvalue weighted by Gasteiger charge is 2.40. The van der Waals surface area contributed by atoms with E-state index >= 15 is 0 Å². The van der Waals surface area contributed by atoms with Crippen LogP contribution in [0.2, 0.25) is 0 Å². The van der Waals surface area contributed by atoms with E-state index < -0.39 is 28.8 Å². The SMILES string of the molecule is CN(C[C@H](O)C(F)(F)F)S(=O)(=O)c1ccccc1. The van der Waals surface area contributed by atoms with Crippen LogP contribution in [0.15, 0.2) is 35.2 Å². The molecule has 0 fully saturated rings. The van der Waals surface area contributed by atoms with Gasteiger partial charge < -0.3 is 5.11 Å². The molecule has 0 spiro atoms. The number of sulfonamides is 1. The second kappa shape index (κ2) is 5.25. The summed E-state index contributed by atoms with van der Waals surface area (Å²) in [6, 6.07) is 7.04. The van der Waals surface area contributed by atoms with Crippen molar-refractivity contribution >= 4 is 10.0 Å². The molecule has 0 aliphatic carbocycles. The van der Waals surface area contributed by atoms with Gasteiger partial charge in [0.1, 0.15) is 0 Å². The van der Waals surface area contributed by atoms with Crippen LogP contribution >= 0.6 is 0 Å². The van der Waals surface area contributed by atoms with E-state index in [-0.39, 0.29) is 4.90 Å². The van der Waals surface area contributed by atoms with Crippen molar-refractivity contribution < 1.29 is 26.7 Å². The van der Waals surface area contributed by atoms with Gasteiger partial charge in [0, 0.05) is 13.6 Å². The maximum atomic E-state index is 12.1. The average Bonchev–Trinajstić information content (AvgIpc) is 2.28. The Morgan fingerprint density at radius 3 is 2.22 bits per heavy atom. The predicted molar refractivity (Wildman–Crippen MR) is 58.3 cm³/mol. The summed E-state index contributed by atoms with van der Waals surface area (Å²) in [7, 11) is -3.04. The highest BCUT2D eigenvalue weighted by molar-refractivity contribution is 7.89. The Bertz CT molecular complexity index is 487. The van der Waals surface area contributed by atoms with Gasteiger partial charge in [-0.25, -0.2) is 8.42 Å². The summed E-state index contributed by atoms with van der Waals surface area (Å²) in [4.78, 5) is -0.123. The summed E-state index contributed by atoms with van der Waals surface area (Å²) >= 11 is 0. The van der Waals surface area contributed by atoms with Crippen molar-refractivity contribution in [3.05, 3.63) is 30.3 Å². The van der Waals surface area contributed by atoms with E-state index in [1.165, 1.54) is 24.3 Å². The molecule has 0 unspecified atom stereocenters. The van der Waals surface area contributed by atoms with Gasteiger partial charge in [0.25, 0.3) is 0 Å². The van der Waals surface area contributed by atoms with E-state index in [4.69, 9.17) is 5.11 Å². The van der Waals surface area contributed by atoms with Crippen molar-refractivity contribution in [1.29, 1.82) is 0 Å². The van der Waals surface area contributed by atoms with Crippen molar-refractivity contribution in [1.82, 2.24) is 4.31 Å². The van der Waals surface area contributed by atoms with Crippen molar-refractivity contribution in [2.24, 2.45) is 0 Å². The molecule has 0 aromatic heterocycles. The van der Waals surface area contributed by atoms with Crippen molar-refractivity contribution in [3.8, 4) is 0 Å². The van der Waals surface area contributed by atoms with Gasteiger partial charge in [0.15, 0.2) is 6.10 Å². The largest absolute Gasteiger partial charge is 0.415 e. The number of aliphatic hydroxyl groups is 1. The van der Waals surface area contributed by atoms with Gasteiger partial charge in [0.05, 0.1) is 4.90 Å². The molecule has 1 N–H and O–H groups in total. The normalized spacial score (nSPS) is 14.8. The lowest BCUT2D eigenvalue weighted by Gasteiger charge is -2.22. The van der Waals surface area contributed by atoms with E-state index in [0.29, 0.717) is 4.31 Å². The van der Waals surface area contributed by atoms with Crippen LogP contribution in [0.1, 0.15) is 0 Å². The second-order valence-electron chi connectivity index (χ2n) is 3.66. The molecule has 0 saturated heterocycles. The van der Waals surface area contributed by atoms with Crippen LogP contribution in [0, 0.1) is 0 Å². The fraction of sp³-hybridized carbons (Fsp3) is 0.400. The van der Waals surface area contributed by atoms with Crippen LogP contribution in [-0.2, 0) is 10.0 Å². The minimum absolute atomic E-state index is 0.123. The third-order valence-electron chi connectivity index (χ3n) is 2.26. The quantitative estimate of drug-likeness (QED) is 0.904. The number of nitrogens with zero attached hydrogens (tertiary/aromatic N) is 1. The first-order chi connectivity index (χ1) is 8.15. The minimum atomic E-state index is -4.85. The zero-order valence-corrected chi connectivity index (χ0v) is 10.2. The standard InChI is InChI=1S/C10H12F3NO3S/c1-14(7-9(15)10(11,12)13)18(16,17)8-5-3-2-4-6-8/h2-6,9,15H,7H2,1H3/t9-/m0/s1. The first-order valence-corrected chi connectivity index (χ1v) is 6.36. The van der Waals surface area contributed by atoms with Gasteiger partial charge in [-0.2, -0.15) is 17.5 Å². The molecule has 1 aromatic rings. The molecule has 0 radical (unpaired) electrons. The fourth-order valence-electron chi connectivity index (χ4n) is 1.22. The molecule has 0 heterocycles. The molecule has 102 valence electrons. The number of benzene rings is 1. The summed E-state index contributed by atoms with van der Waals surface area (Å²) in [5, 5.41) is 8.84. The van der Waals surface area contributed by atoms with Gasteiger partial charge in [-0.05, 0) is 12.1 Å². The summed E-state index contributed by atoms with van der Waals surface area (Å²) in [5.41, 5.74) is 0. The maximum absolute atomic E-state index is 12.1. The van der Waals surface area contributed by atoms with Crippen LogP contribution in [-0.4, -0.2) is 43.7 Å². The fourth-order valence-corrected chi connectivity index (χ4v) is 2.42. The highest BCUT2D eigenvalue weighted by atomic mass is 32.2. The number of rotatable bonds is 4. The number of aliphatic hydroxyl groups excluding tert-OH is 1. The zero-order chi connectivity index (χ0) is 14.0. The van der Waals surface area contributed by atoms with Gasteiger partial charge in [0.2, 0.25) is 10.0 Å². The Hall–Kier alpha value is -1.12. The van der Waals surface area contributed by atoms with Crippen LogP contribution < -0.4 is 0 Å². The summed E-state index contributed by atoms with van der Waals surface area (Å²) in [5.74, 6) is 0. The van der Waals surface area contributed by atoms with E-state index in [9.17, 15) is 21.6 Å². The molecule has 1 rings (SSSR count). The Kier molecular flexibility index (Phi) is 4.36. The molecule has 18 heavy (non-hydrogen) atoms. The third-order valence-corrected chi connectivity index (χ3v) is 4.10. The lowest BCUT2D eigenvalue weighted by Crippen LogP contribution is -2.41. The topological polar surface area (TPSA) is 57.6 Å². The van der Waals surface area contributed by atoms with Crippen molar-refractivity contribution in [2.45, 2.75) is 17.2 Å². The summed E-state index contributed by atoms with van der Waals surface area (Å²) < 4.78 is 60.5. The Morgan fingerprint density at radius 2 is 1.78 bits per heavy atom. The molecule has 1 aromatic carbocycles. The number of alkyl halides is 3. The number of hydrogen-bond acceptors (Lipinski definition) is 3. The first kappa shape index (κ1) is 14.9. The predicted octanol–water partition coefficient (Wildman–Crippen LogP) is 1.23. The molecule has 1 atom stereocenters. The molecule has 8 heteroatoms. The highest BCUT2D eigenvalue weighted by Crippen LogP contribution is 2.22. The molecular weight excluding hydrogens is 271 g/mol. The monoisotopic (exact) mass is 283 g/mol. The maximum Gasteiger partial charge on any atom is 0.415 e. The van der Waals surface area contributed by atoms with Crippen LogP contribution in [0.3, 0.4) is 0 Å². The molecule has 0 aliphatic rings. The lowest BCUT2D eigenvalue weighted by molar-refractivity contribution is -0.204. The number of halogens is 3.